The third-order valence-electron chi connectivity index (χ3n) is 3.00. The van der Waals surface area contributed by atoms with Crippen LogP contribution in [-0.2, 0) is 0 Å². The highest BCUT2D eigenvalue weighted by Gasteiger charge is 2.15. The summed E-state index contributed by atoms with van der Waals surface area (Å²) in [7, 11) is 0. The smallest absolute Gasteiger partial charge is 0.337 e. The van der Waals surface area contributed by atoms with Gasteiger partial charge in [0.2, 0.25) is 0 Å². The average molecular weight is 314 g/mol. The molecule has 0 saturated carbocycles. The van der Waals surface area contributed by atoms with Crippen molar-refractivity contribution in [1.82, 2.24) is 5.01 Å². The molecule has 0 spiro atoms. The summed E-state index contributed by atoms with van der Waals surface area (Å²) < 4.78 is 0.774. The number of carboxylic acid groups (broad SMARTS) is 1. The van der Waals surface area contributed by atoms with Crippen LogP contribution in [0.15, 0.2) is 16.6 Å². The van der Waals surface area contributed by atoms with Gasteiger partial charge >= 0.3 is 5.97 Å². The summed E-state index contributed by atoms with van der Waals surface area (Å²) in [4.78, 5) is 11.0. The molecule has 1 fully saturated rings. The molecule has 1 aliphatic rings. The van der Waals surface area contributed by atoms with E-state index in [4.69, 9.17) is 10.8 Å². The molecule has 0 aliphatic carbocycles. The lowest BCUT2D eigenvalue weighted by Crippen LogP contribution is -2.35. The maximum Gasteiger partial charge on any atom is 0.337 e. The van der Waals surface area contributed by atoms with Crippen LogP contribution >= 0.6 is 15.9 Å². The number of hydrogen-bond acceptors (Lipinski definition) is 4. The molecule has 1 saturated heterocycles. The number of hydrogen-bond donors (Lipinski definition) is 3. The van der Waals surface area contributed by atoms with Crippen molar-refractivity contribution < 1.29 is 9.90 Å². The monoisotopic (exact) mass is 313 g/mol. The third kappa shape index (κ3) is 2.94. The Morgan fingerprint density at radius 3 is 2.61 bits per heavy atom. The van der Waals surface area contributed by atoms with Gasteiger partial charge in [-0.25, -0.2) is 9.80 Å². The van der Waals surface area contributed by atoms with E-state index in [-0.39, 0.29) is 11.3 Å². The summed E-state index contributed by atoms with van der Waals surface area (Å²) in [6, 6.07) is 3.19. The van der Waals surface area contributed by atoms with Crippen molar-refractivity contribution in [3.05, 3.63) is 22.2 Å². The first-order valence-electron chi connectivity index (χ1n) is 5.92. The fourth-order valence-corrected chi connectivity index (χ4v) is 2.49. The normalized spacial score (nSPS) is 16.5. The molecule has 0 unspecified atom stereocenters. The van der Waals surface area contributed by atoms with Crippen molar-refractivity contribution in [2.75, 3.05) is 24.2 Å². The van der Waals surface area contributed by atoms with Crippen molar-refractivity contribution in [2.45, 2.75) is 19.3 Å². The van der Waals surface area contributed by atoms with Crippen LogP contribution in [0, 0.1) is 0 Å². The topological polar surface area (TPSA) is 78.6 Å². The molecule has 1 aromatic carbocycles. The van der Waals surface area contributed by atoms with Crippen LogP contribution in [0.3, 0.4) is 0 Å². The lowest BCUT2D eigenvalue weighted by Gasteiger charge is -2.28. The average Bonchev–Trinajstić information content (AvgIpc) is 2.33. The molecule has 1 aromatic rings. The lowest BCUT2D eigenvalue weighted by atomic mass is 10.1. The number of nitrogens with two attached hydrogens (primary N) is 1. The first-order valence-corrected chi connectivity index (χ1v) is 6.71. The first-order chi connectivity index (χ1) is 8.58. The highest BCUT2D eigenvalue weighted by molar-refractivity contribution is 9.10. The number of rotatable bonds is 3. The highest BCUT2D eigenvalue weighted by atomic mass is 79.9. The Balaban J connectivity index is 2.21. The number of nitrogens with one attached hydrogen (secondary N) is 1. The molecule has 98 valence electrons. The second-order valence-electron chi connectivity index (χ2n) is 4.38. The van der Waals surface area contributed by atoms with E-state index >= 15 is 0 Å². The SMILES string of the molecule is Nc1cc(Br)c(NN2CCCCC2)cc1C(=O)O. The maximum absolute atomic E-state index is 11.0. The largest absolute Gasteiger partial charge is 0.478 e. The summed E-state index contributed by atoms with van der Waals surface area (Å²) in [5.74, 6) is -1.01. The van der Waals surface area contributed by atoms with Crippen LogP contribution in [0.5, 0.6) is 0 Å². The Kier molecular flexibility index (Phi) is 4.08. The van der Waals surface area contributed by atoms with Gasteiger partial charge in [-0.3, -0.25) is 0 Å². The minimum absolute atomic E-state index is 0.123. The molecule has 0 atom stereocenters. The van der Waals surface area contributed by atoms with Gasteiger partial charge in [-0.1, -0.05) is 6.42 Å². The number of halogens is 1. The van der Waals surface area contributed by atoms with E-state index in [1.807, 2.05) is 0 Å². The Morgan fingerprint density at radius 2 is 2.00 bits per heavy atom. The summed E-state index contributed by atoms with van der Waals surface area (Å²) in [6.07, 6.45) is 3.57. The van der Waals surface area contributed by atoms with Crippen molar-refractivity contribution in [3.8, 4) is 0 Å². The molecule has 5 nitrogen and oxygen atoms in total. The third-order valence-corrected chi connectivity index (χ3v) is 3.66. The Labute approximate surface area is 114 Å². The highest BCUT2D eigenvalue weighted by Crippen LogP contribution is 2.29. The number of piperidine rings is 1. The molecule has 0 amide bonds. The first kappa shape index (κ1) is 13.2. The van der Waals surface area contributed by atoms with E-state index in [1.165, 1.54) is 6.42 Å². The zero-order valence-corrected chi connectivity index (χ0v) is 11.5. The van der Waals surface area contributed by atoms with E-state index in [0.717, 1.165) is 36.1 Å². The summed E-state index contributed by atoms with van der Waals surface area (Å²) in [5, 5.41) is 11.2. The molecule has 18 heavy (non-hydrogen) atoms. The Bertz CT molecular complexity index is 459. The van der Waals surface area contributed by atoms with Crippen LogP contribution in [0.2, 0.25) is 0 Å². The van der Waals surface area contributed by atoms with E-state index in [9.17, 15) is 4.79 Å². The minimum Gasteiger partial charge on any atom is -0.478 e. The van der Waals surface area contributed by atoms with Crippen LogP contribution in [-0.4, -0.2) is 29.2 Å². The molecular formula is C12H16BrN3O2. The van der Waals surface area contributed by atoms with Crippen molar-refractivity contribution >= 4 is 33.3 Å². The van der Waals surface area contributed by atoms with E-state index < -0.39 is 5.97 Å². The number of aromatic carboxylic acids is 1. The van der Waals surface area contributed by atoms with Crippen LogP contribution in [0.4, 0.5) is 11.4 Å². The van der Waals surface area contributed by atoms with Gasteiger partial charge in [0.15, 0.2) is 0 Å². The van der Waals surface area contributed by atoms with Crippen LogP contribution in [0.1, 0.15) is 29.6 Å². The number of carboxylic acids is 1. The molecule has 1 heterocycles. The van der Waals surface area contributed by atoms with Gasteiger partial charge in [0.25, 0.3) is 0 Å². The van der Waals surface area contributed by atoms with Crippen molar-refractivity contribution in [2.24, 2.45) is 0 Å². The molecule has 4 N–H and O–H groups in total. The van der Waals surface area contributed by atoms with Crippen molar-refractivity contribution in [3.63, 3.8) is 0 Å². The van der Waals surface area contributed by atoms with Crippen LogP contribution in [0.25, 0.3) is 0 Å². The van der Waals surface area contributed by atoms with Gasteiger partial charge in [-0.15, -0.1) is 0 Å². The summed E-state index contributed by atoms with van der Waals surface area (Å²) in [6.45, 7) is 1.94. The Morgan fingerprint density at radius 1 is 1.33 bits per heavy atom. The van der Waals surface area contributed by atoms with E-state index in [0.29, 0.717) is 0 Å². The number of benzene rings is 1. The van der Waals surface area contributed by atoms with Gasteiger partial charge in [0, 0.05) is 23.2 Å². The maximum atomic E-state index is 11.0. The molecular weight excluding hydrogens is 298 g/mol. The molecule has 1 aliphatic heterocycles. The van der Waals surface area contributed by atoms with Crippen LogP contribution < -0.4 is 11.2 Å². The Hall–Kier alpha value is -1.27. The number of nitrogen functional groups attached to an aromatic ring is 1. The van der Waals surface area contributed by atoms with Gasteiger partial charge in [-0.2, -0.15) is 0 Å². The predicted octanol–water partition coefficient (Wildman–Crippen LogP) is 2.54. The fraction of sp³-hybridized carbons (Fsp3) is 0.417. The fourth-order valence-electron chi connectivity index (χ4n) is 2.04. The molecule has 0 radical (unpaired) electrons. The predicted molar refractivity (Wildman–Crippen MR) is 74.6 cm³/mol. The number of carbonyl (C=O) groups is 1. The molecule has 0 aromatic heterocycles. The number of hydrazine groups is 1. The van der Waals surface area contributed by atoms with Crippen molar-refractivity contribution in [1.29, 1.82) is 0 Å². The quantitative estimate of drug-likeness (QED) is 0.747. The number of nitrogens with zero attached hydrogens (tertiary/aromatic N) is 1. The summed E-state index contributed by atoms with van der Waals surface area (Å²) in [5.41, 5.74) is 10.0. The van der Waals surface area contributed by atoms with E-state index in [1.54, 1.807) is 12.1 Å². The second kappa shape index (κ2) is 5.58. The molecule has 2 rings (SSSR count). The van der Waals surface area contributed by atoms with Gasteiger partial charge < -0.3 is 16.3 Å². The number of anilines is 2. The zero-order chi connectivity index (χ0) is 13.1. The summed E-state index contributed by atoms with van der Waals surface area (Å²) >= 11 is 3.40. The van der Waals surface area contributed by atoms with E-state index in [2.05, 4.69) is 26.4 Å². The standard InChI is InChI=1S/C12H16BrN3O2/c13-9-7-10(14)8(12(17)18)6-11(9)15-16-4-2-1-3-5-16/h6-7,15H,1-5,14H2,(H,17,18). The zero-order valence-electron chi connectivity index (χ0n) is 9.95. The minimum atomic E-state index is -1.01. The second-order valence-corrected chi connectivity index (χ2v) is 5.24. The van der Waals surface area contributed by atoms with Gasteiger partial charge in [-0.05, 0) is 40.9 Å². The van der Waals surface area contributed by atoms with Gasteiger partial charge in [0.05, 0.1) is 11.3 Å². The molecule has 6 heteroatoms. The van der Waals surface area contributed by atoms with Gasteiger partial charge in [0.1, 0.15) is 0 Å². The lowest BCUT2D eigenvalue weighted by molar-refractivity contribution is 0.0698. The molecule has 0 bridgehead atoms.